The molecule has 0 spiro atoms. The number of para-hydroxylation sites is 2. The van der Waals surface area contributed by atoms with Gasteiger partial charge >= 0.3 is 5.97 Å². The number of anilines is 1. The topological polar surface area (TPSA) is 68.3 Å². The molecule has 2 aromatic carbocycles. The number of carbonyl (C=O) groups is 2. The minimum absolute atomic E-state index is 0.320. The van der Waals surface area contributed by atoms with Gasteiger partial charge in [0.25, 0.3) is 5.91 Å². The summed E-state index contributed by atoms with van der Waals surface area (Å²) in [5.74, 6) is -0.620. The lowest BCUT2D eigenvalue weighted by Crippen LogP contribution is -2.29. The molecule has 3 aromatic rings. The molecule has 5 nitrogen and oxygen atoms in total. The van der Waals surface area contributed by atoms with Crippen molar-refractivity contribution in [1.82, 2.24) is 4.98 Å². The Morgan fingerprint density at radius 1 is 1.14 bits per heavy atom. The minimum atomic E-state index is -0.910. The molecule has 1 heterocycles. The van der Waals surface area contributed by atoms with Gasteiger partial charge in [0.05, 0.1) is 10.2 Å². The van der Waals surface area contributed by atoms with Gasteiger partial charge in [0.2, 0.25) is 0 Å². The van der Waals surface area contributed by atoms with Crippen LogP contribution in [-0.4, -0.2) is 23.0 Å². The van der Waals surface area contributed by atoms with E-state index in [1.165, 1.54) is 17.4 Å². The van der Waals surface area contributed by atoms with Gasteiger partial charge in [-0.3, -0.25) is 4.79 Å². The number of aromatic nitrogens is 1. The number of rotatable bonds is 7. The minimum Gasteiger partial charge on any atom is -0.449 e. The largest absolute Gasteiger partial charge is 0.449 e. The van der Waals surface area contributed by atoms with E-state index in [2.05, 4.69) is 24.1 Å². The zero-order valence-electron chi connectivity index (χ0n) is 16.7. The van der Waals surface area contributed by atoms with Crippen molar-refractivity contribution < 1.29 is 14.3 Å². The second-order valence-electron chi connectivity index (χ2n) is 6.82. The highest BCUT2D eigenvalue weighted by Gasteiger charge is 2.19. The number of thiazole rings is 1. The van der Waals surface area contributed by atoms with Crippen molar-refractivity contribution in [2.24, 2.45) is 0 Å². The highest BCUT2D eigenvalue weighted by atomic mass is 32.1. The summed E-state index contributed by atoms with van der Waals surface area (Å²) in [7, 11) is 0. The van der Waals surface area contributed by atoms with Crippen molar-refractivity contribution in [1.29, 1.82) is 0 Å². The third-order valence-electron chi connectivity index (χ3n) is 4.70. The molecule has 0 aliphatic carbocycles. The maximum absolute atomic E-state index is 12.5. The van der Waals surface area contributed by atoms with E-state index in [-0.39, 0.29) is 5.91 Å². The third kappa shape index (κ3) is 5.29. The van der Waals surface area contributed by atoms with Crippen LogP contribution >= 0.6 is 11.3 Å². The molecular weight excluding hydrogens is 384 g/mol. The van der Waals surface area contributed by atoms with Crippen molar-refractivity contribution in [3.63, 3.8) is 0 Å². The number of fused-ring (bicyclic) bond motifs is 1. The van der Waals surface area contributed by atoms with E-state index < -0.39 is 12.1 Å². The van der Waals surface area contributed by atoms with Gasteiger partial charge in [-0.15, -0.1) is 11.3 Å². The van der Waals surface area contributed by atoms with E-state index >= 15 is 0 Å². The van der Waals surface area contributed by atoms with Crippen LogP contribution in [-0.2, 0) is 14.3 Å². The Balaban J connectivity index is 1.60. The number of nitrogens with one attached hydrogen (secondary N) is 1. The van der Waals surface area contributed by atoms with Crippen molar-refractivity contribution in [3.05, 3.63) is 65.2 Å². The number of carbonyl (C=O) groups excluding carboxylic acids is 2. The van der Waals surface area contributed by atoms with Crippen molar-refractivity contribution >= 4 is 45.2 Å². The van der Waals surface area contributed by atoms with E-state index in [1.807, 2.05) is 48.5 Å². The van der Waals surface area contributed by atoms with Crippen LogP contribution in [0, 0.1) is 0 Å². The van der Waals surface area contributed by atoms with Crippen LogP contribution in [0.25, 0.3) is 16.3 Å². The molecule has 0 unspecified atom stereocenters. The average Bonchev–Trinajstić information content (AvgIpc) is 3.15. The van der Waals surface area contributed by atoms with Crippen molar-refractivity contribution in [3.8, 4) is 0 Å². The van der Waals surface area contributed by atoms with Gasteiger partial charge in [-0.2, -0.15) is 0 Å². The fourth-order valence-electron chi connectivity index (χ4n) is 2.86. The third-order valence-corrected chi connectivity index (χ3v) is 5.70. The van der Waals surface area contributed by atoms with Gasteiger partial charge in [-0.05, 0) is 49.1 Å². The van der Waals surface area contributed by atoms with Crippen LogP contribution in [0.1, 0.15) is 43.7 Å². The molecule has 29 heavy (non-hydrogen) atoms. The molecule has 0 radical (unpaired) electrons. The lowest BCUT2D eigenvalue weighted by molar-refractivity contribution is -0.148. The Hall–Kier alpha value is -2.99. The number of nitrogens with zero attached hydrogens (tertiary/aromatic N) is 1. The fraction of sp³-hybridized carbons (Fsp3) is 0.261. The quantitative estimate of drug-likeness (QED) is 0.420. The molecule has 1 N–H and O–H groups in total. The number of ether oxygens (including phenoxy) is 1. The number of esters is 1. The first-order valence-electron chi connectivity index (χ1n) is 9.62. The molecule has 0 aliphatic rings. The summed E-state index contributed by atoms with van der Waals surface area (Å²) >= 11 is 1.49. The molecule has 1 amide bonds. The van der Waals surface area contributed by atoms with Crippen LogP contribution in [0.3, 0.4) is 0 Å². The molecule has 2 atom stereocenters. The Bertz CT molecular complexity index is 1010. The Morgan fingerprint density at radius 2 is 1.86 bits per heavy atom. The standard InChI is InChI=1S/C23H24N2O3S/c1-4-15(2)17-9-5-6-10-18(17)25-23(27)16(3)28-22(26)14-13-21-24-19-11-7-8-12-20(19)29-21/h5-16H,4H2,1-3H3,(H,25,27)/b14-13+/t15-,16+/m1/s1. The molecule has 150 valence electrons. The second-order valence-corrected chi connectivity index (χ2v) is 7.88. The summed E-state index contributed by atoms with van der Waals surface area (Å²) < 4.78 is 6.30. The number of hydrogen-bond donors (Lipinski definition) is 1. The molecule has 0 bridgehead atoms. The van der Waals surface area contributed by atoms with E-state index in [0.717, 1.165) is 27.9 Å². The summed E-state index contributed by atoms with van der Waals surface area (Å²) in [4.78, 5) is 29.0. The highest BCUT2D eigenvalue weighted by molar-refractivity contribution is 7.19. The molecule has 6 heteroatoms. The van der Waals surface area contributed by atoms with E-state index in [1.54, 1.807) is 13.0 Å². The van der Waals surface area contributed by atoms with Crippen LogP contribution < -0.4 is 5.32 Å². The summed E-state index contributed by atoms with van der Waals surface area (Å²) in [5, 5.41) is 3.58. The molecule has 3 rings (SSSR count). The molecule has 0 fully saturated rings. The first kappa shape index (κ1) is 20.7. The Morgan fingerprint density at radius 3 is 2.62 bits per heavy atom. The summed E-state index contributed by atoms with van der Waals surface area (Å²) in [6.45, 7) is 5.78. The lowest BCUT2D eigenvalue weighted by atomic mass is 9.97. The summed E-state index contributed by atoms with van der Waals surface area (Å²) in [6, 6.07) is 15.5. The summed E-state index contributed by atoms with van der Waals surface area (Å²) in [5.41, 5.74) is 2.70. The number of hydrogen-bond acceptors (Lipinski definition) is 5. The van der Waals surface area contributed by atoms with Crippen LogP contribution in [0.5, 0.6) is 0 Å². The van der Waals surface area contributed by atoms with Gasteiger partial charge in [0.1, 0.15) is 5.01 Å². The zero-order valence-corrected chi connectivity index (χ0v) is 17.5. The van der Waals surface area contributed by atoms with Crippen molar-refractivity contribution in [2.45, 2.75) is 39.2 Å². The molecule has 0 aliphatic heterocycles. The van der Waals surface area contributed by atoms with Gasteiger partial charge in [-0.25, -0.2) is 9.78 Å². The van der Waals surface area contributed by atoms with Gasteiger partial charge < -0.3 is 10.1 Å². The van der Waals surface area contributed by atoms with Gasteiger partial charge in [-0.1, -0.05) is 44.2 Å². The predicted molar refractivity (Wildman–Crippen MR) is 118 cm³/mol. The Kier molecular flexibility index (Phi) is 6.77. The maximum atomic E-state index is 12.5. The number of benzene rings is 2. The summed E-state index contributed by atoms with van der Waals surface area (Å²) in [6.07, 6.45) is 2.96. The maximum Gasteiger partial charge on any atom is 0.331 e. The first-order valence-corrected chi connectivity index (χ1v) is 10.4. The fourth-order valence-corrected chi connectivity index (χ4v) is 3.73. The highest BCUT2D eigenvalue weighted by Crippen LogP contribution is 2.26. The first-order chi connectivity index (χ1) is 14.0. The molecule has 1 aromatic heterocycles. The van der Waals surface area contributed by atoms with E-state index in [4.69, 9.17) is 4.74 Å². The Labute approximate surface area is 174 Å². The van der Waals surface area contributed by atoms with Gasteiger partial charge in [0, 0.05) is 11.8 Å². The van der Waals surface area contributed by atoms with Crippen LogP contribution in [0.2, 0.25) is 0 Å². The molecule has 0 saturated heterocycles. The normalized spacial score (nSPS) is 13.3. The van der Waals surface area contributed by atoms with Crippen molar-refractivity contribution in [2.75, 3.05) is 5.32 Å². The lowest BCUT2D eigenvalue weighted by Gasteiger charge is -2.17. The monoisotopic (exact) mass is 408 g/mol. The predicted octanol–water partition coefficient (Wildman–Crippen LogP) is 5.39. The SMILES string of the molecule is CC[C@@H](C)c1ccccc1NC(=O)[C@H](C)OC(=O)/C=C/c1nc2ccccc2s1. The van der Waals surface area contributed by atoms with Crippen LogP contribution in [0.15, 0.2) is 54.6 Å². The van der Waals surface area contributed by atoms with Crippen LogP contribution in [0.4, 0.5) is 5.69 Å². The zero-order chi connectivity index (χ0) is 20.8. The smallest absolute Gasteiger partial charge is 0.331 e. The van der Waals surface area contributed by atoms with E-state index in [0.29, 0.717) is 10.9 Å². The molecular formula is C23H24N2O3S. The average molecular weight is 409 g/mol. The second kappa shape index (κ2) is 9.47. The molecule has 0 saturated carbocycles. The van der Waals surface area contributed by atoms with E-state index in [9.17, 15) is 9.59 Å². The van der Waals surface area contributed by atoms with Gasteiger partial charge in [0.15, 0.2) is 6.10 Å². The number of amides is 1.